The maximum atomic E-state index is 12.8. The molecule has 0 saturated carbocycles. The summed E-state index contributed by atoms with van der Waals surface area (Å²) >= 11 is 3.37. The van der Waals surface area contributed by atoms with Gasteiger partial charge in [-0.1, -0.05) is 0 Å². The number of halogens is 2. The van der Waals surface area contributed by atoms with Crippen molar-refractivity contribution in [2.75, 3.05) is 45.7 Å². The molecule has 8 heteroatoms. The van der Waals surface area contributed by atoms with Crippen molar-refractivity contribution in [3.05, 3.63) is 22.7 Å². The van der Waals surface area contributed by atoms with Crippen molar-refractivity contribution in [1.82, 2.24) is 9.62 Å². The molecular formula is C14H23BrClN3O2S. The monoisotopic (exact) mass is 411 g/mol. The topological polar surface area (TPSA) is 52.7 Å². The molecule has 0 amide bonds. The van der Waals surface area contributed by atoms with Crippen molar-refractivity contribution >= 4 is 44.0 Å². The van der Waals surface area contributed by atoms with Crippen LogP contribution in [0.15, 0.2) is 27.6 Å². The van der Waals surface area contributed by atoms with E-state index < -0.39 is 10.0 Å². The summed E-state index contributed by atoms with van der Waals surface area (Å²) < 4.78 is 27.9. The Morgan fingerprint density at radius 1 is 1.41 bits per heavy atom. The molecule has 1 aliphatic rings. The van der Waals surface area contributed by atoms with Crippen LogP contribution in [0.1, 0.15) is 6.42 Å². The second-order valence-electron chi connectivity index (χ2n) is 5.58. The van der Waals surface area contributed by atoms with Gasteiger partial charge in [-0.25, -0.2) is 8.42 Å². The molecule has 1 aromatic rings. The van der Waals surface area contributed by atoms with Gasteiger partial charge in [0.05, 0.1) is 4.90 Å². The molecule has 5 nitrogen and oxygen atoms in total. The van der Waals surface area contributed by atoms with E-state index in [9.17, 15) is 8.42 Å². The van der Waals surface area contributed by atoms with E-state index in [-0.39, 0.29) is 12.4 Å². The number of hydrogen-bond acceptors (Lipinski definition) is 4. The molecule has 0 spiro atoms. The molecule has 126 valence electrons. The molecule has 1 fully saturated rings. The SMILES string of the molecule is CNCC1CCN(S(=O)(=O)c2cc(N(C)C)ccc2Br)C1.Cl. The first-order valence-corrected chi connectivity index (χ1v) is 9.21. The molecule has 1 heterocycles. The van der Waals surface area contributed by atoms with Gasteiger partial charge in [0, 0.05) is 37.3 Å². The third-order valence-corrected chi connectivity index (χ3v) is 6.65. The predicted octanol–water partition coefficient (Wildman–Crippen LogP) is 2.17. The lowest BCUT2D eigenvalue weighted by atomic mass is 10.1. The number of rotatable bonds is 5. The number of hydrogen-bond donors (Lipinski definition) is 1. The van der Waals surface area contributed by atoms with E-state index in [2.05, 4.69) is 21.2 Å². The molecule has 0 radical (unpaired) electrons. The Labute approximate surface area is 147 Å². The molecule has 22 heavy (non-hydrogen) atoms. The zero-order valence-corrected chi connectivity index (χ0v) is 16.3. The number of benzene rings is 1. The molecule has 1 aromatic carbocycles. The first kappa shape index (κ1) is 19.7. The highest BCUT2D eigenvalue weighted by Crippen LogP contribution is 2.31. The Kier molecular flexibility index (Phi) is 7.14. The fourth-order valence-electron chi connectivity index (χ4n) is 2.58. The standard InChI is InChI=1S/C14H22BrN3O2S.ClH/c1-16-9-11-6-7-18(10-11)21(19,20)14-8-12(17(2)3)4-5-13(14)15;/h4-5,8,11,16H,6-7,9-10H2,1-3H3;1H. The molecular weight excluding hydrogens is 390 g/mol. The van der Waals surface area contributed by atoms with Crippen LogP contribution in [0.3, 0.4) is 0 Å². The number of anilines is 1. The quantitative estimate of drug-likeness (QED) is 0.805. The Morgan fingerprint density at radius 2 is 2.09 bits per heavy atom. The van der Waals surface area contributed by atoms with Crippen LogP contribution in [0.2, 0.25) is 0 Å². The molecule has 0 bridgehead atoms. The van der Waals surface area contributed by atoms with E-state index in [4.69, 9.17) is 0 Å². The van der Waals surface area contributed by atoms with Crippen LogP contribution in [0, 0.1) is 5.92 Å². The Bertz CT molecular complexity index is 610. The third-order valence-electron chi connectivity index (χ3n) is 3.79. The van der Waals surface area contributed by atoms with Crippen molar-refractivity contribution in [2.45, 2.75) is 11.3 Å². The summed E-state index contributed by atoms with van der Waals surface area (Å²) in [5.41, 5.74) is 0.878. The lowest BCUT2D eigenvalue weighted by Gasteiger charge is -2.20. The molecule has 1 N–H and O–H groups in total. The summed E-state index contributed by atoms with van der Waals surface area (Å²) in [4.78, 5) is 2.25. The van der Waals surface area contributed by atoms with Gasteiger partial charge < -0.3 is 10.2 Å². The van der Waals surface area contributed by atoms with E-state index in [0.29, 0.717) is 28.4 Å². The van der Waals surface area contributed by atoms with Crippen LogP contribution in [0.5, 0.6) is 0 Å². The normalized spacial score (nSPS) is 19.0. The van der Waals surface area contributed by atoms with Gasteiger partial charge in [0.25, 0.3) is 0 Å². The van der Waals surface area contributed by atoms with Crippen molar-refractivity contribution in [3.8, 4) is 0 Å². The summed E-state index contributed by atoms with van der Waals surface area (Å²) in [5.74, 6) is 0.389. The summed E-state index contributed by atoms with van der Waals surface area (Å²) in [6.45, 7) is 2.03. The van der Waals surface area contributed by atoms with Gasteiger partial charge in [-0.05, 0) is 60.1 Å². The zero-order valence-electron chi connectivity index (χ0n) is 13.0. The Balaban J connectivity index is 0.00000242. The predicted molar refractivity (Wildman–Crippen MR) is 96.5 cm³/mol. The van der Waals surface area contributed by atoms with E-state index in [0.717, 1.165) is 18.7 Å². The molecule has 1 saturated heterocycles. The Hall–Kier alpha value is -0.340. The van der Waals surface area contributed by atoms with Gasteiger partial charge in [-0.15, -0.1) is 12.4 Å². The summed E-state index contributed by atoms with van der Waals surface area (Å²) in [7, 11) is 2.25. The maximum Gasteiger partial charge on any atom is 0.244 e. The van der Waals surface area contributed by atoms with Gasteiger partial charge in [0.15, 0.2) is 0 Å². The second-order valence-corrected chi connectivity index (χ2v) is 8.35. The second kappa shape index (κ2) is 7.97. The van der Waals surface area contributed by atoms with E-state index in [1.807, 2.05) is 32.1 Å². The number of sulfonamides is 1. The van der Waals surface area contributed by atoms with Gasteiger partial charge >= 0.3 is 0 Å². The van der Waals surface area contributed by atoms with Crippen molar-refractivity contribution in [3.63, 3.8) is 0 Å². The van der Waals surface area contributed by atoms with Crippen molar-refractivity contribution < 1.29 is 8.42 Å². The van der Waals surface area contributed by atoms with Crippen LogP contribution < -0.4 is 10.2 Å². The molecule has 0 aromatic heterocycles. The minimum absolute atomic E-state index is 0. The molecule has 1 aliphatic heterocycles. The summed E-state index contributed by atoms with van der Waals surface area (Å²) in [5, 5.41) is 3.12. The largest absolute Gasteiger partial charge is 0.378 e. The highest BCUT2D eigenvalue weighted by Gasteiger charge is 2.33. The summed E-state index contributed by atoms with van der Waals surface area (Å²) in [6.07, 6.45) is 0.908. The van der Waals surface area contributed by atoms with Gasteiger partial charge in [0.2, 0.25) is 10.0 Å². The highest BCUT2D eigenvalue weighted by atomic mass is 79.9. The first-order valence-electron chi connectivity index (χ1n) is 6.98. The molecule has 1 atom stereocenters. The van der Waals surface area contributed by atoms with Crippen LogP contribution in [0.25, 0.3) is 0 Å². The molecule has 2 rings (SSSR count). The third kappa shape index (κ3) is 4.14. The number of nitrogens with zero attached hydrogens (tertiary/aromatic N) is 2. The minimum Gasteiger partial charge on any atom is -0.378 e. The average Bonchev–Trinajstić information content (AvgIpc) is 2.88. The molecule has 1 unspecified atom stereocenters. The van der Waals surface area contributed by atoms with Gasteiger partial charge in [0.1, 0.15) is 0 Å². The zero-order chi connectivity index (χ0) is 15.6. The van der Waals surface area contributed by atoms with Gasteiger partial charge in [-0.2, -0.15) is 4.31 Å². The van der Waals surface area contributed by atoms with Crippen molar-refractivity contribution in [1.29, 1.82) is 0 Å². The molecule has 0 aliphatic carbocycles. The summed E-state index contributed by atoms with van der Waals surface area (Å²) in [6, 6.07) is 5.42. The maximum absolute atomic E-state index is 12.8. The first-order chi connectivity index (χ1) is 9.86. The van der Waals surface area contributed by atoms with Crippen LogP contribution in [-0.4, -0.2) is 53.5 Å². The minimum atomic E-state index is -3.44. The van der Waals surface area contributed by atoms with Crippen LogP contribution in [0.4, 0.5) is 5.69 Å². The van der Waals surface area contributed by atoms with Crippen LogP contribution >= 0.6 is 28.3 Å². The smallest absolute Gasteiger partial charge is 0.244 e. The number of nitrogens with one attached hydrogen (secondary N) is 1. The van der Waals surface area contributed by atoms with E-state index >= 15 is 0 Å². The van der Waals surface area contributed by atoms with Crippen molar-refractivity contribution in [2.24, 2.45) is 5.92 Å². The van der Waals surface area contributed by atoms with E-state index in [1.54, 1.807) is 16.4 Å². The Morgan fingerprint density at radius 3 is 2.68 bits per heavy atom. The average molecular weight is 413 g/mol. The van der Waals surface area contributed by atoms with Gasteiger partial charge in [-0.3, -0.25) is 0 Å². The lowest BCUT2D eigenvalue weighted by Crippen LogP contribution is -2.30. The van der Waals surface area contributed by atoms with Crippen LogP contribution in [-0.2, 0) is 10.0 Å². The fraction of sp³-hybridized carbons (Fsp3) is 0.571. The highest BCUT2D eigenvalue weighted by molar-refractivity contribution is 9.10. The lowest BCUT2D eigenvalue weighted by molar-refractivity contribution is 0.451. The van der Waals surface area contributed by atoms with E-state index in [1.165, 1.54) is 0 Å². The fourth-order valence-corrected chi connectivity index (χ4v) is 5.05.